The van der Waals surface area contributed by atoms with Crippen molar-refractivity contribution in [3.05, 3.63) is 46.7 Å². The second kappa shape index (κ2) is 5.51. The Morgan fingerprint density at radius 3 is 3.04 bits per heavy atom. The summed E-state index contributed by atoms with van der Waals surface area (Å²) < 4.78 is 1.81. The number of thiophene rings is 1. The zero-order valence-electron chi connectivity index (χ0n) is 12.2. The Balaban J connectivity index is 1.66. The summed E-state index contributed by atoms with van der Waals surface area (Å²) in [4.78, 5) is 30.0. The van der Waals surface area contributed by atoms with Crippen molar-refractivity contribution < 1.29 is 9.59 Å². The number of anilines is 1. The molecule has 0 saturated heterocycles. The van der Waals surface area contributed by atoms with Crippen LogP contribution in [0.2, 0.25) is 0 Å². The maximum Gasteiger partial charge on any atom is 0.244 e. The first kappa shape index (κ1) is 14.0. The van der Waals surface area contributed by atoms with E-state index < -0.39 is 6.04 Å². The topological polar surface area (TPSA) is 76.0 Å². The highest BCUT2D eigenvalue weighted by Crippen LogP contribution is 2.30. The molecular weight excluding hydrogens is 312 g/mol. The van der Waals surface area contributed by atoms with Crippen LogP contribution in [0.1, 0.15) is 17.3 Å². The van der Waals surface area contributed by atoms with Crippen LogP contribution in [0, 0.1) is 0 Å². The van der Waals surface area contributed by atoms with Gasteiger partial charge in [0.2, 0.25) is 17.8 Å². The summed E-state index contributed by atoms with van der Waals surface area (Å²) in [5.74, 6) is 0.0699. The molecule has 6 nitrogen and oxygen atoms in total. The SMILES string of the molecule is O=C1CC(C(=O)NCc2cccs2)n2c(nc3ccccc32)N1. The lowest BCUT2D eigenvalue weighted by atomic mass is 10.1. The molecule has 1 aliphatic rings. The first-order chi connectivity index (χ1) is 11.2. The Morgan fingerprint density at radius 1 is 1.35 bits per heavy atom. The molecule has 0 aliphatic carbocycles. The molecule has 0 fully saturated rings. The molecule has 1 unspecified atom stereocenters. The van der Waals surface area contributed by atoms with E-state index in [-0.39, 0.29) is 18.2 Å². The number of para-hydroxylation sites is 2. The lowest BCUT2D eigenvalue weighted by molar-refractivity contribution is -0.128. The van der Waals surface area contributed by atoms with Crippen molar-refractivity contribution >= 4 is 40.1 Å². The Bertz CT molecular complexity index is 885. The number of aromatic nitrogens is 2. The molecule has 2 N–H and O–H groups in total. The third-order valence-corrected chi connectivity index (χ3v) is 4.73. The number of benzene rings is 1. The summed E-state index contributed by atoms with van der Waals surface area (Å²) in [5.41, 5.74) is 1.61. The van der Waals surface area contributed by atoms with E-state index in [2.05, 4.69) is 15.6 Å². The van der Waals surface area contributed by atoms with Crippen LogP contribution in [0.4, 0.5) is 5.95 Å². The fourth-order valence-electron chi connectivity index (χ4n) is 2.81. The van der Waals surface area contributed by atoms with E-state index in [1.807, 2.05) is 41.8 Å². The van der Waals surface area contributed by atoms with Crippen molar-refractivity contribution in [1.82, 2.24) is 14.9 Å². The van der Waals surface area contributed by atoms with Gasteiger partial charge in [-0.2, -0.15) is 0 Å². The van der Waals surface area contributed by atoms with Gasteiger partial charge in [0.15, 0.2) is 0 Å². The van der Waals surface area contributed by atoms with Gasteiger partial charge in [0.05, 0.1) is 24.0 Å². The molecule has 3 heterocycles. The first-order valence-corrected chi connectivity index (χ1v) is 8.17. The summed E-state index contributed by atoms with van der Waals surface area (Å²) in [6, 6.07) is 10.9. The van der Waals surface area contributed by atoms with Crippen molar-refractivity contribution in [2.24, 2.45) is 0 Å². The number of hydrogen-bond donors (Lipinski definition) is 2. The van der Waals surface area contributed by atoms with E-state index in [0.717, 1.165) is 15.9 Å². The zero-order chi connectivity index (χ0) is 15.8. The maximum absolute atomic E-state index is 12.6. The predicted octanol–water partition coefficient (Wildman–Crippen LogP) is 2.30. The van der Waals surface area contributed by atoms with Crippen molar-refractivity contribution in [1.29, 1.82) is 0 Å². The Morgan fingerprint density at radius 2 is 2.22 bits per heavy atom. The van der Waals surface area contributed by atoms with Crippen LogP contribution in [0.15, 0.2) is 41.8 Å². The molecule has 2 aromatic heterocycles. The molecule has 3 aromatic rings. The predicted molar refractivity (Wildman–Crippen MR) is 88.2 cm³/mol. The number of amides is 2. The number of hydrogen-bond acceptors (Lipinski definition) is 4. The Hall–Kier alpha value is -2.67. The maximum atomic E-state index is 12.6. The minimum atomic E-state index is -0.578. The highest BCUT2D eigenvalue weighted by molar-refractivity contribution is 7.09. The molecule has 1 atom stereocenters. The Labute approximate surface area is 136 Å². The summed E-state index contributed by atoms with van der Waals surface area (Å²) in [7, 11) is 0. The van der Waals surface area contributed by atoms with E-state index in [1.54, 1.807) is 15.9 Å². The normalized spacial score (nSPS) is 16.9. The molecule has 23 heavy (non-hydrogen) atoms. The minimum absolute atomic E-state index is 0.115. The molecule has 116 valence electrons. The third-order valence-electron chi connectivity index (χ3n) is 3.86. The third kappa shape index (κ3) is 2.49. The quantitative estimate of drug-likeness (QED) is 0.775. The average Bonchev–Trinajstić information content (AvgIpc) is 3.18. The van der Waals surface area contributed by atoms with Gasteiger partial charge in [-0.3, -0.25) is 19.5 Å². The van der Waals surface area contributed by atoms with Crippen LogP contribution in [0.5, 0.6) is 0 Å². The van der Waals surface area contributed by atoms with E-state index in [4.69, 9.17) is 0 Å². The van der Waals surface area contributed by atoms with Gasteiger partial charge in [0.1, 0.15) is 6.04 Å². The number of carbonyl (C=O) groups is 2. The van der Waals surface area contributed by atoms with Crippen LogP contribution in [-0.4, -0.2) is 21.4 Å². The van der Waals surface area contributed by atoms with Crippen molar-refractivity contribution in [2.75, 3.05) is 5.32 Å². The van der Waals surface area contributed by atoms with Crippen LogP contribution in [-0.2, 0) is 16.1 Å². The molecule has 4 rings (SSSR count). The van der Waals surface area contributed by atoms with Gasteiger partial charge in [0, 0.05) is 4.88 Å². The molecule has 1 aromatic carbocycles. The molecule has 7 heteroatoms. The standard InChI is InChI=1S/C16H14N4O2S/c21-14-8-13(15(22)17-9-10-4-3-7-23-10)20-12-6-2-1-5-11(12)18-16(20)19-14/h1-7,13H,8-9H2,(H,17,22)(H,18,19,21). The number of nitrogens with one attached hydrogen (secondary N) is 2. The molecule has 0 bridgehead atoms. The summed E-state index contributed by atoms with van der Waals surface area (Å²) >= 11 is 1.59. The monoisotopic (exact) mass is 326 g/mol. The van der Waals surface area contributed by atoms with Gasteiger partial charge >= 0.3 is 0 Å². The number of fused-ring (bicyclic) bond motifs is 3. The molecule has 2 amide bonds. The molecule has 0 saturated carbocycles. The first-order valence-electron chi connectivity index (χ1n) is 7.29. The smallest absolute Gasteiger partial charge is 0.244 e. The van der Waals surface area contributed by atoms with Crippen LogP contribution >= 0.6 is 11.3 Å². The number of nitrogens with zero attached hydrogens (tertiary/aromatic N) is 2. The average molecular weight is 326 g/mol. The zero-order valence-corrected chi connectivity index (χ0v) is 13.0. The summed E-state index contributed by atoms with van der Waals surface area (Å²) in [5, 5.41) is 7.62. The van der Waals surface area contributed by atoms with Gasteiger partial charge in [-0.1, -0.05) is 18.2 Å². The highest BCUT2D eigenvalue weighted by atomic mass is 32.1. The van der Waals surface area contributed by atoms with Crippen LogP contribution in [0.25, 0.3) is 11.0 Å². The van der Waals surface area contributed by atoms with Gasteiger partial charge in [-0.25, -0.2) is 4.98 Å². The molecule has 1 aliphatic heterocycles. The lowest BCUT2D eigenvalue weighted by Crippen LogP contribution is -2.38. The van der Waals surface area contributed by atoms with Gasteiger partial charge in [0.25, 0.3) is 0 Å². The van der Waals surface area contributed by atoms with Crippen LogP contribution in [0.3, 0.4) is 0 Å². The number of carbonyl (C=O) groups excluding carboxylic acids is 2. The van der Waals surface area contributed by atoms with Gasteiger partial charge in [-0.05, 0) is 23.6 Å². The fourth-order valence-corrected chi connectivity index (χ4v) is 3.45. The second-order valence-electron chi connectivity index (χ2n) is 5.36. The van der Waals surface area contributed by atoms with E-state index in [1.165, 1.54) is 0 Å². The molecular formula is C16H14N4O2S. The minimum Gasteiger partial charge on any atom is -0.349 e. The van der Waals surface area contributed by atoms with Crippen molar-refractivity contribution in [2.45, 2.75) is 19.0 Å². The summed E-state index contributed by atoms with van der Waals surface area (Å²) in [6.07, 6.45) is 0.115. The number of rotatable bonds is 3. The molecule has 0 radical (unpaired) electrons. The largest absolute Gasteiger partial charge is 0.349 e. The van der Waals surface area contributed by atoms with Gasteiger partial charge in [-0.15, -0.1) is 11.3 Å². The lowest BCUT2D eigenvalue weighted by Gasteiger charge is -2.24. The van der Waals surface area contributed by atoms with Gasteiger partial charge < -0.3 is 5.32 Å². The highest BCUT2D eigenvalue weighted by Gasteiger charge is 2.32. The fraction of sp³-hybridized carbons (Fsp3) is 0.188. The van der Waals surface area contributed by atoms with E-state index >= 15 is 0 Å². The second-order valence-corrected chi connectivity index (χ2v) is 6.39. The van der Waals surface area contributed by atoms with Crippen molar-refractivity contribution in [3.8, 4) is 0 Å². The Kier molecular flexibility index (Phi) is 3.34. The van der Waals surface area contributed by atoms with E-state index in [9.17, 15) is 9.59 Å². The van der Waals surface area contributed by atoms with E-state index in [0.29, 0.717) is 12.5 Å². The van der Waals surface area contributed by atoms with Crippen LogP contribution < -0.4 is 10.6 Å². The molecule has 0 spiro atoms. The number of imidazole rings is 1. The van der Waals surface area contributed by atoms with Crippen molar-refractivity contribution in [3.63, 3.8) is 0 Å². The summed E-state index contributed by atoms with van der Waals surface area (Å²) in [6.45, 7) is 0.469.